The Morgan fingerprint density at radius 1 is 0.771 bits per heavy atom. The largest absolute Gasteiger partial charge is 0.493 e. The van der Waals surface area contributed by atoms with Crippen molar-refractivity contribution >= 4 is 53.9 Å². The predicted molar refractivity (Wildman–Crippen MR) is 196 cm³/mol. The van der Waals surface area contributed by atoms with Gasteiger partial charge in [-0.25, -0.2) is 0 Å². The van der Waals surface area contributed by atoms with E-state index in [-0.39, 0.29) is 42.5 Å². The molecule has 0 atom stereocenters. The standard InChI is InChI=1S/C36H47N5O5.2ClH/c1-39-22-24-41(25-23-39)34(42)16-4-3-10-26-46-33-15-8-6-13-31(33)40(2)36(44)28-17-19-29(20-18-28)38-35(43)30-12-5-7-14-32(30)45-27-11-9-21-37;;/h5-8,12-15,17-20H,3-4,9-11,16,21-27,37H2,1-2H3,(H,38,43);2*1H. The quantitative estimate of drug-likeness (QED) is 0.179. The number of unbranched alkanes of at least 4 members (excludes halogenated alkanes) is 3. The molecule has 12 heteroatoms. The SMILES string of the molecule is CN1CCN(C(=O)CCCCCOc2ccccc2N(C)C(=O)c2ccc(NC(=O)c3ccccc3OCCCCN)cc2)CC1.Cl.Cl. The van der Waals surface area contributed by atoms with E-state index in [1.54, 1.807) is 54.4 Å². The number of likely N-dealkylation sites (N-methyl/N-ethyl adjacent to an activating group) is 1. The van der Waals surface area contributed by atoms with Crippen LogP contribution in [-0.4, -0.2) is 87.6 Å². The number of para-hydroxylation sites is 3. The van der Waals surface area contributed by atoms with Gasteiger partial charge in [0.15, 0.2) is 0 Å². The molecule has 0 bridgehead atoms. The molecule has 0 aromatic heterocycles. The maximum Gasteiger partial charge on any atom is 0.259 e. The molecule has 4 rings (SSSR count). The number of benzene rings is 3. The van der Waals surface area contributed by atoms with Gasteiger partial charge in [0, 0.05) is 50.9 Å². The van der Waals surface area contributed by atoms with Crippen LogP contribution in [0.5, 0.6) is 11.5 Å². The molecule has 0 spiro atoms. The third kappa shape index (κ3) is 12.0. The highest BCUT2D eigenvalue weighted by Gasteiger charge is 2.20. The summed E-state index contributed by atoms with van der Waals surface area (Å²) in [5.74, 6) is 0.882. The second-order valence-electron chi connectivity index (χ2n) is 11.5. The molecule has 3 aromatic rings. The molecular weight excluding hydrogens is 653 g/mol. The van der Waals surface area contributed by atoms with Crippen molar-refractivity contribution in [1.29, 1.82) is 0 Å². The first-order valence-electron chi connectivity index (χ1n) is 16.2. The minimum Gasteiger partial charge on any atom is -0.493 e. The Labute approximate surface area is 296 Å². The van der Waals surface area contributed by atoms with E-state index >= 15 is 0 Å². The molecule has 48 heavy (non-hydrogen) atoms. The van der Waals surface area contributed by atoms with Crippen LogP contribution in [0.3, 0.4) is 0 Å². The molecule has 0 saturated carbocycles. The number of halogens is 2. The van der Waals surface area contributed by atoms with Gasteiger partial charge in [-0.1, -0.05) is 24.3 Å². The van der Waals surface area contributed by atoms with E-state index in [2.05, 4.69) is 17.3 Å². The molecule has 0 unspecified atom stereocenters. The highest BCUT2D eigenvalue weighted by molar-refractivity contribution is 6.08. The summed E-state index contributed by atoms with van der Waals surface area (Å²) in [4.78, 5) is 44.6. The van der Waals surface area contributed by atoms with Crippen molar-refractivity contribution in [3.63, 3.8) is 0 Å². The van der Waals surface area contributed by atoms with Crippen molar-refractivity contribution < 1.29 is 23.9 Å². The lowest BCUT2D eigenvalue weighted by atomic mass is 10.1. The van der Waals surface area contributed by atoms with Gasteiger partial charge >= 0.3 is 0 Å². The molecule has 0 aliphatic carbocycles. The van der Waals surface area contributed by atoms with Gasteiger partial charge in [0.25, 0.3) is 11.8 Å². The monoisotopic (exact) mass is 701 g/mol. The molecule has 262 valence electrons. The fourth-order valence-corrected chi connectivity index (χ4v) is 5.21. The number of nitrogens with one attached hydrogen (secondary N) is 1. The second kappa shape index (κ2) is 21.2. The lowest BCUT2D eigenvalue weighted by molar-refractivity contribution is -0.132. The van der Waals surface area contributed by atoms with E-state index in [9.17, 15) is 14.4 Å². The van der Waals surface area contributed by atoms with E-state index in [1.807, 2.05) is 35.2 Å². The zero-order valence-corrected chi connectivity index (χ0v) is 29.5. The van der Waals surface area contributed by atoms with Crippen molar-refractivity contribution in [2.45, 2.75) is 38.5 Å². The molecule has 1 aliphatic rings. The lowest BCUT2D eigenvalue weighted by Crippen LogP contribution is -2.47. The Bertz CT molecular complexity index is 1430. The number of rotatable bonds is 16. The Hall–Kier alpha value is -3.83. The van der Waals surface area contributed by atoms with E-state index < -0.39 is 0 Å². The third-order valence-corrected chi connectivity index (χ3v) is 8.06. The number of hydrogen-bond donors (Lipinski definition) is 2. The highest BCUT2D eigenvalue weighted by Crippen LogP contribution is 2.29. The summed E-state index contributed by atoms with van der Waals surface area (Å²) in [6.45, 7) is 5.07. The average Bonchev–Trinajstić information content (AvgIpc) is 3.08. The number of piperazine rings is 1. The number of amides is 3. The Morgan fingerprint density at radius 3 is 2.06 bits per heavy atom. The molecule has 3 amide bonds. The van der Waals surface area contributed by atoms with Gasteiger partial charge in [0.1, 0.15) is 11.5 Å². The van der Waals surface area contributed by atoms with Crippen molar-refractivity contribution in [3.05, 3.63) is 83.9 Å². The average molecular weight is 703 g/mol. The van der Waals surface area contributed by atoms with Gasteiger partial charge in [0.2, 0.25) is 5.91 Å². The zero-order chi connectivity index (χ0) is 32.7. The van der Waals surface area contributed by atoms with Crippen LogP contribution in [-0.2, 0) is 4.79 Å². The Morgan fingerprint density at radius 2 is 1.38 bits per heavy atom. The van der Waals surface area contributed by atoms with Gasteiger partial charge in [-0.3, -0.25) is 14.4 Å². The number of nitrogens with two attached hydrogens (primary N) is 1. The van der Waals surface area contributed by atoms with Gasteiger partial charge in [-0.15, -0.1) is 24.8 Å². The van der Waals surface area contributed by atoms with Gasteiger partial charge in [-0.05, 0) is 94.2 Å². The smallest absolute Gasteiger partial charge is 0.259 e. The molecule has 0 radical (unpaired) electrons. The first-order valence-corrected chi connectivity index (χ1v) is 16.2. The maximum absolute atomic E-state index is 13.4. The molecule has 3 aromatic carbocycles. The van der Waals surface area contributed by atoms with Crippen molar-refractivity contribution in [2.75, 3.05) is 70.2 Å². The van der Waals surface area contributed by atoms with Crippen molar-refractivity contribution in [3.8, 4) is 11.5 Å². The first kappa shape index (κ1) is 40.3. The van der Waals surface area contributed by atoms with Crippen molar-refractivity contribution in [1.82, 2.24) is 9.80 Å². The number of nitrogens with zero attached hydrogens (tertiary/aromatic N) is 3. The predicted octanol–water partition coefficient (Wildman–Crippen LogP) is 5.89. The van der Waals surface area contributed by atoms with Crippen LogP contribution in [0.15, 0.2) is 72.8 Å². The summed E-state index contributed by atoms with van der Waals surface area (Å²) < 4.78 is 11.9. The summed E-state index contributed by atoms with van der Waals surface area (Å²) in [5.41, 5.74) is 7.70. The first-order chi connectivity index (χ1) is 22.4. The number of carbonyl (C=O) groups excluding carboxylic acids is 3. The number of anilines is 2. The second-order valence-corrected chi connectivity index (χ2v) is 11.5. The van der Waals surface area contributed by atoms with E-state index in [4.69, 9.17) is 15.2 Å². The summed E-state index contributed by atoms with van der Waals surface area (Å²) in [5, 5.41) is 2.89. The zero-order valence-electron chi connectivity index (χ0n) is 27.9. The summed E-state index contributed by atoms with van der Waals surface area (Å²) in [6, 6.07) is 21.4. The molecule has 1 saturated heterocycles. The number of ether oxygens (including phenoxy) is 2. The van der Waals surface area contributed by atoms with E-state index in [0.717, 1.165) is 58.3 Å². The molecule has 3 N–H and O–H groups in total. The van der Waals surface area contributed by atoms with E-state index in [0.29, 0.717) is 60.2 Å². The summed E-state index contributed by atoms with van der Waals surface area (Å²) in [7, 11) is 3.80. The normalized spacial score (nSPS) is 12.7. The number of hydrogen-bond acceptors (Lipinski definition) is 7. The van der Waals surface area contributed by atoms with Crippen LogP contribution in [0.2, 0.25) is 0 Å². The minimum atomic E-state index is -0.293. The van der Waals surface area contributed by atoms with E-state index in [1.165, 1.54) is 0 Å². The summed E-state index contributed by atoms with van der Waals surface area (Å²) >= 11 is 0. The molecule has 1 heterocycles. The van der Waals surface area contributed by atoms with Crippen LogP contribution < -0.4 is 25.4 Å². The van der Waals surface area contributed by atoms with Crippen molar-refractivity contribution in [2.24, 2.45) is 5.73 Å². The van der Waals surface area contributed by atoms with Crippen LogP contribution in [0.1, 0.15) is 59.2 Å². The summed E-state index contributed by atoms with van der Waals surface area (Å²) in [6.07, 6.45) is 4.79. The Kier molecular flexibility index (Phi) is 17.8. The minimum absolute atomic E-state index is 0. The van der Waals surface area contributed by atoms with Crippen LogP contribution >= 0.6 is 24.8 Å². The fraction of sp³-hybridized carbons (Fsp3) is 0.417. The van der Waals surface area contributed by atoms with Gasteiger partial charge in [-0.2, -0.15) is 0 Å². The highest BCUT2D eigenvalue weighted by atomic mass is 35.5. The van der Waals surface area contributed by atoms with Crippen LogP contribution in [0, 0.1) is 0 Å². The van der Waals surface area contributed by atoms with Crippen LogP contribution in [0.4, 0.5) is 11.4 Å². The third-order valence-electron chi connectivity index (χ3n) is 8.06. The Balaban J connectivity index is 0.00000400. The molecule has 1 fully saturated rings. The maximum atomic E-state index is 13.4. The van der Waals surface area contributed by atoms with Gasteiger partial charge in [0.05, 0.1) is 24.5 Å². The number of carbonyl (C=O) groups is 3. The fourth-order valence-electron chi connectivity index (χ4n) is 5.21. The lowest BCUT2D eigenvalue weighted by Gasteiger charge is -2.32. The topological polar surface area (TPSA) is 117 Å². The molecule has 10 nitrogen and oxygen atoms in total. The van der Waals surface area contributed by atoms with Crippen LogP contribution in [0.25, 0.3) is 0 Å². The van der Waals surface area contributed by atoms with Gasteiger partial charge < -0.3 is 35.2 Å². The molecular formula is C36H49Cl2N5O5. The molecule has 1 aliphatic heterocycles.